The van der Waals surface area contributed by atoms with E-state index in [0.29, 0.717) is 18.8 Å². The molecule has 0 radical (unpaired) electrons. The van der Waals surface area contributed by atoms with Crippen molar-refractivity contribution in [2.45, 2.75) is 31.0 Å². The summed E-state index contributed by atoms with van der Waals surface area (Å²) in [5, 5.41) is 0. The van der Waals surface area contributed by atoms with Crippen LogP contribution >= 0.6 is 0 Å². The molecule has 4 rings (SSSR count). The van der Waals surface area contributed by atoms with Gasteiger partial charge in [-0.25, -0.2) is 8.42 Å². The van der Waals surface area contributed by atoms with Gasteiger partial charge in [0.1, 0.15) is 5.75 Å². The van der Waals surface area contributed by atoms with E-state index < -0.39 is 10.0 Å². The van der Waals surface area contributed by atoms with Gasteiger partial charge in [-0.1, -0.05) is 29.8 Å². The average molecular weight is 431 g/mol. The number of carbonyl (C=O) groups excluding carboxylic acids is 1. The van der Waals surface area contributed by atoms with Gasteiger partial charge in [-0.2, -0.15) is 4.31 Å². The highest BCUT2D eigenvalue weighted by atomic mass is 32.2. The molecular formula is C22H26N2O5S. The second kappa shape index (κ2) is 8.37. The minimum absolute atomic E-state index is 0.0473. The third kappa shape index (κ3) is 4.50. The summed E-state index contributed by atoms with van der Waals surface area (Å²) in [6.45, 7) is 5.01. The fourth-order valence-electron chi connectivity index (χ4n) is 3.86. The highest BCUT2D eigenvalue weighted by molar-refractivity contribution is 7.89. The SMILES string of the molecule is Cc1ccc(S(=O)(=O)N2CC3CN(C(=O)COc4cccc(C)c4)CC(C2)O3)cc1. The largest absolute Gasteiger partial charge is 0.484 e. The standard InChI is InChI=1S/C22H26N2O5S/c1-16-6-8-21(9-7-16)30(26,27)24-13-19-11-23(12-20(14-24)29-19)22(25)15-28-18-5-3-4-17(2)10-18/h3-10,19-20H,11-15H2,1-2H3. The number of rotatable bonds is 5. The summed E-state index contributed by atoms with van der Waals surface area (Å²) in [5.74, 6) is 0.539. The summed E-state index contributed by atoms with van der Waals surface area (Å²) in [6, 6.07) is 14.4. The number of carbonyl (C=O) groups is 1. The third-order valence-corrected chi connectivity index (χ3v) is 7.26. The van der Waals surface area contributed by atoms with Crippen molar-refractivity contribution in [3.8, 4) is 5.75 Å². The third-order valence-electron chi connectivity index (χ3n) is 5.41. The van der Waals surface area contributed by atoms with Gasteiger partial charge in [-0.15, -0.1) is 0 Å². The summed E-state index contributed by atoms with van der Waals surface area (Å²) in [7, 11) is -3.58. The van der Waals surface area contributed by atoms with Crippen LogP contribution in [0.5, 0.6) is 5.75 Å². The van der Waals surface area contributed by atoms with Gasteiger partial charge in [0.15, 0.2) is 6.61 Å². The van der Waals surface area contributed by atoms with E-state index in [1.54, 1.807) is 29.2 Å². The number of nitrogens with zero attached hydrogens (tertiary/aromatic N) is 2. The summed E-state index contributed by atoms with van der Waals surface area (Å²) in [5.41, 5.74) is 2.07. The second-order valence-electron chi connectivity index (χ2n) is 7.92. The number of fused-ring (bicyclic) bond motifs is 2. The van der Waals surface area contributed by atoms with Crippen molar-refractivity contribution < 1.29 is 22.7 Å². The maximum atomic E-state index is 13.0. The molecule has 30 heavy (non-hydrogen) atoms. The van der Waals surface area contributed by atoms with Crippen LogP contribution in [0.1, 0.15) is 11.1 Å². The highest BCUT2D eigenvalue weighted by Crippen LogP contribution is 2.25. The quantitative estimate of drug-likeness (QED) is 0.725. The van der Waals surface area contributed by atoms with E-state index in [-0.39, 0.29) is 42.7 Å². The maximum Gasteiger partial charge on any atom is 0.260 e. The normalized spacial score (nSPS) is 22.0. The fraction of sp³-hybridized carbons (Fsp3) is 0.409. The number of hydrogen-bond donors (Lipinski definition) is 0. The minimum atomic E-state index is -3.58. The van der Waals surface area contributed by atoms with Gasteiger partial charge in [0.25, 0.3) is 5.91 Å². The van der Waals surface area contributed by atoms with Gasteiger partial charge in [0.05, 0.1) is 17.1 Å². The van der Waals surface area contributed by atoms with E-state index in [1.165, 1.54) is 4.31 Å². The van der Waals surface area contributed by atoms with Crippen LogP contribution in [0.4, 0.5) is 0 Å². The number of sulfonamides is 1. The van der Waals surface area contributed by atoms with Gasteiger partial charge >= 0.3 is 0 Å². The lowest BCUT2D eigenvalue weighted by atomic mass is 10.1. The number of aryl methyl sites for hydroxylation is 2. The zero-order valence-electron chi connectivity index (χ0n) is 17.2. The molecule has 2 saturated heterocycles. The molecule has 2 aromatic rings. The van der Waals surface area contributed by atoms with Gasteiger partial charge in [0, 0.05) is 26.2 Å². The molecule has 7 nitrogen and oxygen atoms in total. The summed E-state index contributed by atoms with van der Waals surface area (Å²) >= 11 is 0. The Hall–Kier alpha value is -2.42. The van der Waals surface area contributed by atoms with Crippen molar-refractivity contribution in [1.82, 2.24) is 9.21 Å². The molecule has 8 heteroatoms. The lowest BCUT2D eigenvalue weighted by molar-refractivity contribution is -0.156. The zero-order chi connectivity index (χ0) is 21.3. The molecule has 2 aliphatic heterocycles. The van der Waals surface area contributed by atoms with E-state index in [4.69, 9.17) is 9.47 Å². The topological polar surface area (TPSA) is 76.2 Å². The Labute approximate surface area is 177 Å². The molecule has 0 N–H and O–H groups in total. The average Bonchev–Trinajstić information content (AvgIpc) is 2.71. The second-order valence-corrected chi connectivity index (χ2v) is 9.86. The summed E-state index contributed by atoms with van der Waals surface area (Å²) < 4.78 is 39.0. The number of benzene rings is 2. The van der Waals surface area contributed by atoms with Crippen LogP contribution < -0.4 is 4.74 Å². The first-order valence-electron chi connectivity index (χ1n) is 10.0. The zero-order valence-corrected chi connectivity index (χ0v) is 18.0. The van der Waals surface area contributed by atoms with Crippen molar-refractivity contribution in [2.24, 2.45) is 0 Å². The molecule has 2 heterocycles. The molecule has 160 valence electrons. The van der Waals surface area contributed by atoms with Crippen LogP contribution in [0.2, 0.25) is 0 Å². The predicted octanol–water partition coefficient (Wildman–Crippen LogP) is 1.98. The Kier molecular flexibility index (Phi) is 5.81. The van der Waals surface area contributed by atoms with Crippen molar-refractivity contribution >= 4 is 15.9 Å². The van der Waals surface area contributed by atoms with Crippen molar-refractivity contribution in [3.05, 3.63) is 59.7 Å². The van der Waals surface area contributed by atoms with Crippen molar-refractivity contribution in [1.29, 1.82) is 0 Å². The van der Waals surface area contributed by atoms with E-state index in [1.807, 2.05) is 38.1 Å². The number of ether oxygens (including phenoxy) is 2. The first kappa shape index (κ1) is 20.8. The molecule has 0 aliphatic carbocycles. The molecule has 0 saturated carbocycles. The number of morpholine rings is 2. The van der Waals surface area contributed by atoms with Gasteiger partial charge in [-0.05, 0) is 43.7 Å². The molecular weight excluding hydrogens is 404 g/mol. The predicted molar refractivity (Wildman–Crippen MR) is 112 cm³/mol. The molecule has 2 bridgehead atoms. The van der Waals surface area contributed by atoms with Crippen LogP contribution in [0.3, 0.4) is 0 Å². The monoisotopic (exact) mass is 430 g/mol. The summed E-state index contributed by atoms with van der Waals surface area (Å²) in [6.07, 6.45) is -0.693. The molecule has 2 aliphatic rings. The summed E-state index contributed by atoms with van der Waals surface area (Å²) in [4.78, 5) is 14.6. The maximum absolute atomic E-state index is 13.0. The highest BCUT2D eigenvalue weighted by Gasteiger charge is 2.41. The Bertz CT molecular complexity index is 1010. The molecule has 2 atom stereocenters. The number of hydrogen-bond acceptors (Lipinski definition) is 5. The molecule has 2 unspecified atom stereocenters. The van der Waals surface area contributed by atoms with Gasteiger partial charge in [-0.3, -0.25) is 4.79 Å². The van der Waals surface area contributed by atoms with Crippen LogP contribution in [0, 0.1) is 13.8 Å². The minimum Gasteiger partial charge on any atom is -0.484 e. The molecule has 2 fully saturated rings. The van der Waals surface area contributed by atoms with E-state index in [2.05, 4.69) is 0 Å². The van der Waals surface area contributed by atoms with Crippen molar-refractivity contribution in [3.63, 3.8) is 0 Å². The van der Waals surface area contributed by atoms with Crippen LogP contribution in [-0.2, 0) is 19.6 Å². The molecule has 2 aromatic carbocycles. The molecule has 0 aromatic heterocycles. The van der Waals surface area contributed by atoms with Crippen LogP contribution in [0.25, 0.3) is 0 Å². The molecule has 1 amide bonds. The fourth-order valence-corrected chi connectivity index (χ4v) is 5.36. The van der Waals surface area contributed by atoms with E-state index in [0.717, 1.165) is 11.1 Å². The first-order chi connectivity index (χ1) is 14.3. The van der Waals surface area contributed by atoms with E-state index >= 15 is 0 Å². The van der Waals surface area contributed by atoms with Gasteiger partial charge in [0.2, 0.25) is 10.0 Å². The van der Waals surface area contributed by atoms with Crippen LogP contribution in [-0.4, -0.2) is 68.5 Å². The lowest BCUT2D eigenvalue weighted by Gasteiger charge is -2.45. The van der Waals surface area contributed by atoms with Crippen molar-refractivity contribution in [2.75, 3.05) is 32.8 Å². The smallest absolute Gasteiger partial charge is 0.260 e. The number of amides is 1. The van der Waals surface area contributed by atoms with E-state index in [9.17, 15) is 13.2 Å². The first-order valence-corrected chi connectivity index (χ1v) is 11.4. The molecule has 0 spiro atoms. The van der Waals surface area contributed by atoms with Crippen LogP contribution in [0.15, 0.2) is 53.4 Å². The Balaban J connectivity index is 1.38. The van der Waals surface area contributed by atoms with Gasteiger partial charge < -0.3 is 14.4 Å². The lowest BCUT2D eigenvalue weighted by Crippen LogP contribution is -2.61. The Morgan fingerprint density at radius 2 is 1.67 bits per heavy atom. The Morgan fingerprint density at radius 3 is 2.30 bits per heavy atom. The Morgan fingerprint density at radius 1 is 1.00 bits per heavy atom.